The molecule has 152 valence electrons. The highest BCUT2D eigenvalue weighted by molar-refractivity contribution is 5.49. The highest BCUT2D eigenvalue weighted by Gasteiger charge is 2.77. The molecule has 2 nitrogen and oxygen atoms in total. The third kappa shape index (κ3) is 2.20. The van der Waals surface area contributed by atoms with Gasteiger partial charge in [-0.05, 0) is 104 Å². The van der Waals surface area contributed by atoms with Crippen LogP contribution in [0, 0.1) is 51.8 Å². The maximum Gasteiger partial charge on any atom is 0.120 e. The van der Waals surface area contributed by atoms with Crippen LogP contribution in [0.25, 0.3) is 0 Å². The smallest absolute Gasteiger partial charge is 0.120 e. The van der Waals surface area contributed by atoms with Crippen molar-refractivity contribution in [2.24, 2.45) is 51.8 Å². The van der Waals surface area contributed by atoms with Crippen LogP contribution in [0.4, 0.5) is 0 Å². The van der Waals surface area contributed by atoms with Crippen molar-refractivity contribution in [3.8, 4) is 0 Å². The number of fused-ring (bicyclic) bond motifs is 4. The Hall–Kier alpha value is -0.370. The topological polar surface area (TPSA) is 26.3 Å². The minimum absolute atomic E-state index is 0.504. The molecule has 0 bridgehead atoms. The zero-order chi connectivity index (χ0) is 19.0. The van der Waals surface area contributed by atoms with Crippen molar-refractivity contribution in [1.82, 2.24) is 0 Å². The molecule has 10 unspecified atom stereocenters. The molecule has 0 aliphatic heterocycles. The zero-order valence-corrected chi connectivity index (χ0v) is 18.0. The molecule has 5 fully saturated rings. The van der Waals surface area contributed by atoms with Gasteiger partial charge in [-0.2, -0.15) is 0 Å². The summed E-state index contributed by atoms with van der Waals surface area (Å²) in [5.74, 6) is 5.21. The van der Waals surface area contributed by atoms with E-state index >= 15 is 0 Å². The lowest BCUT2D eigenvalue weighted by atomic mass is 9.45. The first kappa shape index (κ1) is 18.6. The summed E-state index contributed by atoms with van der Waals surface area (Å²) >= 11 is 0. The Balaban J connectivity index is 1.43. The van der Waals surface area contributed by atoms with Gasteiger partial charge in [0.15, 0.2) is 0 Å². The molecule has 0 N–H and O–H groups in total. The second-order valence-electron chi connectivity index (χ2n) is 11.7. The maximum absolute atomic E-state index is 10.9. The second kappa shape index (κ2) is 6.07. The standard InChI is InChI=1S/C25H40O2/c1-16(6-5-13-26)19-7-8-20-18-14-22(27-4)25-15-17(25)9-12-24(25,3)21(18)10-11-23(19,20)2/h13,16-22H,5-12,14-15H2,1-4H3. The van der Waals surface area contributed by atoms with Gasteiger partial charge in [-0.15, -0.1) is 0 Å². The third-order valence-corrected chi connectivity index (χ3v) is 11.3. The molecule has 0 amide bonds. The van der Waals surface area contributed by atoms with Crippen LogP contribution in [-0.2, 0) is 9.53 Å². The van der Waals surface area contributed by atoms with Gasteiger partial charge in [-0.1, -0.05) is 20.8 Å². The molecule has 10 atom stereocenters. The van der Waals surface area contributed by atoms with Crippen molar-refractivity contribution in [3.63, 3.8) is 0 Å². The van der Waals surface area contributed by atoms with E-state index in [0.29, 0.717) is 28.3 Å². The van der Waals surface area contributed by atoms with Gasteiger partial charge in [0.2, 0.25) is 0 Å². The lowest BCUT2D eigenvalue weighted by Gasteiger charge is -2.61. The van der Waals surface area contributed by atoms with Crippen molar-refractivity contribution >= 4 is 6.29 Å². The fourth-order valence-corrected chi connectivity index (χ4v) is 10.1. The van der Waals surface area contributed by atoms with Gasteiger partial charge in [0.05, 0.1) is 6.10 Å². The van der Waals surface area contributed by atoms with Crippen molar-refractivity contribution in [3.05, 3.63) is 0 Å². The van der Waals surface area contributed by atoms with Crippen LogP contribution in [0.15, 0.2) is 0 Å². The molecule has 0 aromatic carbocycles. The summed E-state index contributed by atoms with van der Waals surface area (Å²) in [6.45, 7) is 7.73. The first-order chi connectivity index (χ1) is 12.9. The van der Waals surface area contributed by atoms with E-state index in [9.17, 15) is 4.79 Å². The molecule has 0 aromatic heterocycles. The minimum Gasteiger partial charge on any atom is -0.381 e. The number of aldehydes is 1. The Morgan fingerprint density at radius 1 is 1.11 bits per heavy atom. The summed E-state index contributed by atoms with van der Waals surface area (Å²) < 4.78 is 6.23. The van der Waals surface area contributed by atoms with Crippen LogP contribution in [-0.4, -0.2) is 19.5 Å². The molecule has 5 aliphatic rings. The van der Waals surface area contributed by atoms with E-state index < -0.39 is 0 Å². The number of methoxy groups -OCH3 is 1. The SMILES string of the molecule is COC1CC2C3CCC(C(C)CCC=O)C3(C)CCC2C2(C)CCC3CC312. The zero-order valence-electron chi connectivity index (χ0n) is 18.0. The van der Waals surface area contributed by atoms with E-state index in [1.807, 2.05) is 7.11 Å². The number of carbonyl (C=O) groups is 1. The Bertz CT molecular complexity index is 615. The van der Waals surface area contributed by atoms with Gasteiger partial charge in [0, 0.05) is 18.9 Å². The average Bonchev–Trinajstić information content (AvgIpc) is 3.16. The lowest BCUT2D eigenvalue weighted by Crippen LogP contribution is -2.57. The Labute approximate surface area is 166 Å². The summed E-state index contributed by atoms with van der Waals surface area (Å²) in [6.07, 6.45) is 14.9. The van der Waals surface area contributed by atoms with E-state index in [0.717, 1.165) is 48.7 Å². The largest absolute Gasteiger partial charge is 0.381 e. The van der Waals surface area contributed by atoms with Crippen molar-refractivity contribution < 1.29 is 9.53 Å². The maximum atomic E-state index is 10.9. The van der Waals surface area contributed by atoms with Crippen molar-refractivity contribution in [2.45, 2.75) is 91.1 Å². The number of hydrogen-bond acceptors (Lipinski definition) is 2. The lowest BCUT2D eigenvalue weighted by molar-refractivity contribution is -0.161. The molecule has 0 aromatic rings. The Morgan fingerprint density at radius 3 is 2.63 bits per heavy atom. The highest BCUT2D eigenvalue weighted by Crippen LogP contribution is 2.82. The summed E-state index contributed by atoms with van der Waals surface area (Å²) in [6, 6.07) is 0. The molecule has 0 heterocycles. The van der Waals surface area contributed by atoms with Crippen molar-refractivity contribution in [2.75, 3.05) is 7.11 Å². The molecular weight excluding hydrogens is 332 g/mol. The number of rotatable bonds is 5. The first-order valence-corrected chi connectivity index (χ1v) is 11.9. The monoisotopic (exact) mass is 372 g/mol. The molecule has 2 heteroatoms. The van der Waals surface area contributed by atoms with Crippen LogP contribution in [0.3, 0.4) is 0 Å². The second-order valence-corrected chi connectivity index (χ2v) is 11.7. The summed E-state index contributed by atoms with van der Waals surface area (Å²) in [5.41, 5.74) is 1.60. The van der Waals surface area contributed by atoms with Gasteiger partial charge in [0.25, 0.3) is 0 Å². The summed E-state index contributed by atoms with van der Waals surface area (Å²) in [4.78, 5) is 10.9. The molecule has 5 rings (SSSR count). The van der Waals surface area contributed by atoms with E-state index in [2.05, 4.69) is 20.8 Å². The quantitative estimate of drug-likeness (QED) is 0.563. The van der Waals surface area contributed by atoms with Crippen LogP contribution < -0.4 is 0 Å². The Kier molecular flexibility index (Phi) is 4.19. The van der Waals surface area contributed by atoms with Gasteiger partial charge < -0.3 is 9.53 Å². The van der Waals surface area contributed by atoms with Gasteiger partial charge in [0.1, 0.15) is 6.29 Å². The number of carbonyl (C=O) groups excluding carboxylic acids is 1. The molecule has 1 spiro atoms. The van der Waals surface area contributed by atoms with Crippen LogP contribution in [0.5, 0.6) is 0 Å². The molecule has 0 radical (unpaired) electrons. The molecule has 5 saturated carbocycles. The highest BCUT2D eigenvalue weighted by atomic mass is 16.5. The number of ether oxygens (including phenoxy) is 1. The van der Waals surface area contributed by atoms with Crippen molar-refractivity contribution in [1.29, 1.82) is 0 Å². The fourth-order valence-electron chi connectivity index (χ4n) is 10.1. The van der Waals surface area contributed by atoms with Crippen LogP contribution >= 0.6 is 0 Å². The van der Waals surface area contributed by atoms with E-state index in [4.69, 9.17) is 4.74 Å². The minimum atomic E-state index is 0.504. The number of hydrogen-bond donors (Lipinski definition) is 0. The van der Waals surface area contributed by atoms with E-state index in [-0.39, 0.29) is 0 Å². The van der Waals surface area contributed by atoms with E-state index in [1.54, 1.807) is 0 Å². The third-order valence-electron chi connectivity index (χ3n) is 11.3. The average molecular weight is 373 g/mol. The van der Waals surface area contributed by atoms with Crippen LogP contribution in [0.2, 0.25) is 0 Å². The summed E-state index contributed by atoms with van der Waals surface area (Å²) in [7, 11) is 1.99. The summed E-state index contributed by atoms with van der Waals surface area (Å²) in [5, 5.41) is 0. The fraction of sp³-hybridized carbons (Fsp3) is 0.960. The first-order valence-electron chi connectivity index (χ1n) is 11.9. The predicted octanol–water partition coefficient (Wildman–Crippen LogP) is 5.89. The molecule has 27 heavy (non-hydrogen) atoms. The predicted molar refractivity (Wildman–Crippen MR) is 108 cm³/mol. The molecule has 0 saturated heterocycles. The molecular formula is C25H40O2. The van der Waals surface area contributed by atoms with Gasteiger partial charge >= 0.3 is 0 Å². The van der Waals surface area contributed by atoms with Gasteiger partial charge in [-0.25, -0.2) is 0 Å². The normalized spacial score (nSPS) is 56.6. The van der Waals surface area contributed by atoms with Crippen LogP contribution in [0.1, 0.15) is 85.0 Å². The molecule has 5 aliphatic carbocycles. The van der Waals surface area contributed by atoms with Gasteiger partial charge in [-0.3, -0.25) is 0 Å². The Morgan fingerprint density at radius 2 is 1.93 bits per heavy atom. The van der Waals surface area contributed by atoms with E-state index in [1.165, 1.54) is 51.4 Å².